The number of aliphatic carboxylic acids is 1. The van der Waals surface area contributed by atoms with E-state index in [1.807, 2.05) is 42.5 Å². The molecule has 1 aliphatic heterocycles. The number of benzene rings is 2. The second kappa shape index (κ2) is 7.45. The predicted molar refractivity (Wildman–Crippen MR) is 98.5 cm³/mol. The van der Waals surface area contributed by atoms with Crippen molar-refractivity contribution in [2.75, 3.05) is 18.1 Å². The van der Waals surface area contributed by atoms with Gasteiger partial charge in [-0.25, -0.2) is 8.42 Å². The van der Waals surface area contributed by atoms with Gasteiger partial charge in [0.05, 0.1) is 23.3 Å². The van der Waals surface area contributed by atoms with Crippen molar-refractivity contribution in [2.45, 2.75) is 12.8 Å². The van der Waals surface area contributed by atoms with Crippen molar-refractivity contribution in [3.63, 3.8) is 0 Å². The molecule has 1 fully saturated rings. The number of carboxylic acid groups (broad SMARTS) is 1. The molecule has 1 amide bonds. The van der Waals surface area contributed by atoms with Gasteiger partial charge in [-0.1, -0.05) is 42.5 Å². The first-order chi connectivity index (χ1) is 12.3. The SMILES string of the molecule is O=C(O)C(CNC(=O)C1CCS(=O)(=O)C1)Cc1ccc2ccccc2c1. The van der Waals surface area contributed by atoms with Crippen LogP contribution in [0.4, 0.5) is 0 Å². The smallest absolute Gasteiger partial charge is 0.308 e. The van der Waals surface area contributed by atoms with Gasteiger partial charge in [-0.15, -0.1) is 0 Å². The molecule has 1 aliphatic rings. The molecular weight excluding hydrogens is 354 g/mol. The first-order valence-electron chi connectivity index (χ1n) is 8.53. The molecule has 2 atom stereocenters. The van der Waals surface area contributed by atoms with Crippen molar-refractivity contribution < 1.29 is 23.1 Å². The maximum absolute atomic E-state index is 12.1. The molecule has 1 heterocycles. The van der Waals surface area contributed by atoms with Gasteiger partial charge in [0, 0.05) is 6.54 Å². The van der Waals surface area contributed by atoms with Crippen molar-refractivity contribution in [2.24, 2.45) is 11.8 Å². The van der Waals surface area contributed by atoms with Crippen LogP contribution in [-0.2, 0) is 25.8 Å². The number of amides is 1. The topological polar surface area (TPSA) is 101 Å². The number of carboxylic acids is 1. The Kier molecular flexibility index (Phi) is 5.27. The van der Waals surface area contributed by atoms with Gasteiger partial charge < -0.3 is 10.4 Å². The molecule has 2 unspecified atom stereocenters. The molecule has 6 nitrogen and oxygen atoms in total. The van der Waals surface area contributed by atoms with Crippen LogP contribution in [0, 0.1) is 11.8 Å². The summed E-state index contributed by atoms with van der Waals surface area (Å²) < 4.78 is 22.9. The minimum atomic E-state index is -3.14. The van der Waals surface area contributed by atoms with E-state index < -0.39 is 27.6 Å². The van der Waals surface area contributed by atoms with E-state index >= 15 is 0 Å². The van der Waals surface area contributed by atoms with E-state index in [1.165, 1.54) is 0 Å². The fraction of sp³-hybridized carbons (Fsp3) is 0.368. The lowest BCUT2D eigenvalue weighted by atomic mass is 9.97. The summed E-state index contributed by atoms with van der Waals surface area (Å²) in [5.74, 6) is -2.84. The molecule has 26 heavy (non-hydrogen) atoms. The Morgan fingerprint density at radius 2 is 1.88 bits per heavy atom. The molecule has 3 rings (SSSR count). The maximum atomic E-state index is 12.1. The number of rotatable bonds is 6. The van der Waals surface area contributed by atoms with Crippen LogP contribution >= 0.6 is 0 Å². The molecule has 0 aromatic heterocycles. The fourth-order valence-corrected chi connectivity index (χ4v) is 5.01. The molecule has 0 aliphatic carbocycles. The highest BCUT2D eigenvalue weighted by atomic mass is 32.2. The van der Waals surface area contributed by atoms with E-state index in [2.05, 4.69) is 5.32 Å². The summed E-state index contributed by atoms with van der Waals surface area (Å²) in [7, 11) is -3.14. The summed E-state index contributed by atoms with van der Waals surface area (Å²) in [5.41, 5.74) is 0.883. The lowest BCUT2D eigenvalue weighted by Gasteiger charge is -2.15. The van der Waals surface area contributed by atoms with Gasteiger partial charge in [0.1, 0.15) is 0 Å². The number of sulfone groups is 1. The minimum absolute atomic E-state index is 0.0163. The average Bonchev–Trinajstić information content (AvgIpc) is 2.98. The molecule has 1 saturated heterocycles. The highest BCUT2D eigenvalue weighted by Crippen LogP contribution is 2.20. The van der Waals surface area contributed by atoms with Crippen molar-refractivity contribution in [1.29, 1.82) is 0 Å². The van der Waals surface area contributed by atoms with Crippen LogP contribution in [0.25, 0.3) is 10.8 Å². The molecule has 2 aromatic carbocycles. The van der Waals surface area contributed by atoms with Crippen molar-refractivity contribution in [3.8, 4) is 0 Å². The Bertz CT molecular complexity index is 938. The van der Waals surface area contributed by atoms with E-state index in [0.717, 1.165) is 16.3 Å². The second-order valence-electron chi connectivity index (χ2n) is 6.77. The Morgan fingerprint density at radius 1 is 1.15 bits per heavy atom. The van der Waals surface area contributed by atoms with Crippen LogP contribution in [0.15, 0.2) is 42.5 Å². The van der Waals surface area contributed by atoms with Gasteiger partial charge >= 0.3 is 5.97 Å². The number of carbonyl (C=O) groups excluding carboxylic acids is 1. The van der Waals surface area contributed by atoms with E-state index in [1.54, 1.807) is 0 Å². The van der Waals surface area contributed by atoms with Crippen molar-refractivity contribution in [1.82, 2.24) is 5.32 Å². The minimum Gasteiger partial charge on any atom is -0.481 e. The summed E-state index contributed by atoms with van der Waals surface area (Å²) in [4.78, 5) is 23.7. The summed E-state index contributed by atoms with van der Waals surface area (Å²) in [6.45, 7) is -0.0163. The molecule has 2 N–H and O–H groups in total. The van der Waals surface area contributed by atoms with Crippen LogP contribution in [0.1, 0.15) is 12.0 Å². The highest BCUT2D eigenvalue weighted by Gasteiger charge is 2.33. The van der Waals surface area contributed by atoms with E-state index in [4.69, 9.17) is 0 Å². The summed E-state index contributed by atoms with van der Waals surface area (Å²) in [5, 5.41) is 14.2. The van der Waals surface area contributed by atoms with Gasteiger partial charge in [-0.2, -0.15) is 0 Å². The third kappa shape index (κ3) is 4.40. The lowest BCUT2D eigenvalue weighted by Crippen LogP contribution is -2.38. The Labute approximate surface area is 152 Å². The van der Waals surface area contributed by atoms with Crippen molar-refractivity contribution in [3.05, 3.63) is 48.0 Å². The summed E-state index contributed by atoms with van der Waals surface area (Å²) in [6.07, 6.45) is 0.597. The third-order valence-corrected chi connectivity index (χ3v) is 6.54. The molecule has 0 saturated carbocycles. The maximum Gasteiger partial charge on any atom is 0.308 e. The lowest BCUT2D eigenvalue weighted by molar-refractivity contribution is -0.141. The standard InChI is InChI=1S/C19H21NO5S/c21-18(16-7-8-26(24,25)12-16)20-11-17(19(22)23)10-13-5-6-14-3-1-2-4-15(14)9-13/h1-6,9,16-17H,7-8,10-12H2,(H,20,21)(H,22,23). The molecular formula is C19H21NO5S. The third-order valence-electron chi connectivity index (χ3n) is 4.77. The van der Waals surface area contributed by atoms with Crippen LogP contribution < -0.4 is 5.32 Å². The molecule has 2 aromatic rings. The largest absolute Gasteiger partial charge is 0.481 e. The fourth-order valence-electron chi connectivity index (χ4n) is 3.27. The zero-order valence-corrected chi connectivity index (χ0v) is 15.0. The van der Waals surface area contributed by atoms with Crippen LogP contribution in [0.2, 0.25) is 0 Å². The van der Waals surface area contributed by atoms with E-state index in [0.29, 0.717) is 12.8 Å². The van der Waals surface area contributed by atoms with Gasteiger partial charge in [-0.3, -0.25) is 9.59 Å². The number of nitrogens with one attached hydrogen (secondary N) is 1. The number of carbonyl (C=O) groups is 2. The Hall–Kier alpha value is -2.41. The summed E-state index contributed by atoms with van der Waals surface area (Å²) >= 11 is 0. The Morgan fingerprint density at radius 3 is 2.54 bits per heavy atom. The Balaban J connectivity index is 1.63. The first kappa shape index (κ1) is 18.4. The quantitative estimate of drug-likeness (QED) is 0.799. The number of fused-ring (bicyclic) bond motifs is 1. The van der Waals surface area contributed by atoms with Crippen molar-refractivity contribution >= 4 is 32.5 Å². The summed E-state index contributed by atoms with van der Waals surface area (Å²) in [6, 6.07) is 13.6. The zero-order valence-electron chi connectivity index (χ0n) is 14.2. The first-order valence-corrected chi connectivity index (χ1v) is 10.3. The second-order valence-corrected chi connectivity index (χ2v) is 8.99. The number of hydrogen-bond donors (Lipinski definition) is 2. The number of hydrogen-bond acceptors (Lipinski definition) is 4. The normalized spacial score (nSPS) is 19.9. The van der Waals surface area contributed by atoms with Crippen LogP contribution in [-0.4, -0.2) is 43.5 Å². The van der Waals surface area contributed by atoms with Crippen LogP contribution in [0.5, 0.6) is 0 Å². The zero-order chi connectivity index (χ0) is 18.7. The molecule has 7 heteroatoms. The monoisotopic (exact) mass is 375 g/mol. The van der Waals surface area contributed by atoms with E-state index in [-0.39, 0.29) is 24.0 Å². The predicted octanol–water partition coefficient (Wildman–Crippen LogP) is 1.63. The highest BCUT2D eigenvalue weighted by molar-refractivity contribution is 7.91. The van der Waals surface area contributed by atoms with Gasteiger partial charge in [0.2, 0.25) is 5.91 Å². The van der Waals surface area contributed by atoms with Gasteiger partial charge in [0.15, 0.2) is 9.84 Å². The average molecular weight is 375 g/mol. The molecule has 138 valence electrons. The van der Waals surface area contributed by atoms with E-state index in [9.17, 15) is 23.1 Å². The van der Waals surface area contributed by atoms with Gasteiger partial charge in [0.25, 0.3) is 0 Å². The molecule has 0 spiro atoms. The van der Waals surface area contributed by atoms with Gasteiger partial charge in [-0.05, 0) is 29.2 Å². The van der Waals surface area contributed by atoms with Crippen LogP contribution in [0.3, 0.4) is 0 Å². The molecule has 0 radical (unpaired) electrons. The molecule has 0 bridgehead atoms.